The molecule has 3 rings (SSSR count). The van der Waals surface area contributed by atoms with E-state index in [2.05, 4.69) is 28.6 Å². The largest absolute Gasteiger partial charge is 0.497 e. The summed E-state index contributed by atoms with van der Waals surface area (Å²) >= 11 is 0. The molecule has 5 atom stereocenters. The van der Waals surface area contributed by atoms with Crippen molar-refractivity contribution in [3.8, 4) is 18.1 Å². The first-order chi connectivity index (χ1) is 22.1. The molecule has 0 aromatic heterocycles. The van der Waals surface area contributed by atoms with Crippen LogP contribution in [-0.4, -0.2) is 118 Å². The maximum Gasteiger partial charge on any atom is 0.248 e. The number of likely N-dealkylation sites (N-methyl/N-ethyl adjacent to an activating group) is 1. The first-order valence-corrected chi connectivity index (χ1v) is 16.0. The fourth-order valence-electron chi connectivity index (χ4n) is 5.64. The minimum absolute atomic E-state index is 0.0227. The van der Waals surface area contributed by atoms with Crippen molar-refractivity contribution in [3.63, 3.8) is 0 Å². The number of hydrogen-bond acceptors (Lipinski definition) is 7. The number of ether oxygens (including phenoxy) is 2. The molecular weight excluding hydrogens is 581 g/mol. The molecule has 1 aliphatic heterocycles. The van der Waals surface area contributed by atoms with Gasteiger partial charge in [-0.3, -0.25) is 19.3 Å². The van der Waals surface area contributed by atoms with Gasteiger partial charge in [-0.2, -0.15) is 0 Å². The predicted molar refractivity (Wildman–Crippen MR) is 183 cm³/mol. The van der Waals surface area contributed by atoms with E-state index in [9.17, 15) is 14.4 Å². The lowest BCUT2D eigenvalue weighted by Crippen LogP contribution is -2.59. The topological polar surface area (TPSA) is 103 Å². The van der Waals surface area contributed by atoms with E-state index < -0.39 is 24.2 Å². The molecule has 0 unspecified atom stereocenters. The molecule has 2 N–H and O–H groups in total. The average molecular weight is 632 g/mol. The average Bonchev–Trinajstić information content (AvgIpc) is 3.54. The third-order valence-corrected chi connectivity index (χ3v) is 8.78. The van der Waals surface area contributed by atoms with Crippen molar-refractivity contribution in [1.29, 1.82) is 0 Å². The molecule has 0 radical (unpaired) electrons. The molecule has 248 valence electrons. The SMILES string of the molecule is BN[C@H](Cc1ccc(OC)cc1)C(=O)N(CCc1ccccc1)C[C@@H]1CCCN1C(=O)[C@@H](NC(=O)[C@H](C)N(C)C)[C@@H](C)OCC#C. The molecule has 46 heavy (non-hydrogen) atoms. The summed E-state index contributed by atoms with van der Waals surface area (Å²) in [4.78, 5) is 46.8. The van der Waals surface area contributed by atoms with Gasteiger partial charge in [-0.15, -0.1) is 6.42 Å². The monoisotopic (exact) mass is 631 g/mol. The molecule has 1 saturated heterocycles. The summed E-state index contributed by atoms with van der Waals surface area (Å²) in [5.74, 6) is 2.68. The number of benzene rings is 2. The standard InChI is InChI=1S/C35H50BN5O5/c1-7-22-46-26(3)32(37-33(42)25(2)39(4)5)35(44)41-20-11-14-29(41)24-40(21-19-27-12-9-8-10-13-27)34(43)31(38-36)23-28-15-17-30(45-6)18-16-28/h1,8-10,12-13,15-18,25-26,29,31-32,38H,11,14,19-24,36H2,2-6H3,(H,37,42)/t25-,26+,29-,31+,32-/m0/s1. The van der Waals surface area contributed by atoms with E-state index in [1.807, 2.05) is 66.4 Å². The summed E-state index contributed by atoms with van der Waals surface area (Å²) in [6, 6.07) is 15.8. The molecule has 0 saturated carbocycles. The van der Waals surface area contributed by atoms with Gasteiger partial charge in [0.1, 0.15) is 18.4 Å². The number of terminal acetylenes is 1. The van der Waals surface area contributed by atoms with E-state index in [0.29, 0.717) is 32.5 Å². The van der Waals surface area contributed by atoms with Gasteiger partial charge >= 0.3 is 0 Å². The molecule has 1 aliphatic rings. The molecule has 11 heteroatoms. The molecule has 3 amide bonds. The molecule has 2 aromatic rings. The number of hydrogen-bond donors (Lipinski definition) is 2. The highest BCUT2D eigenvalue weighted by Crippen LogP contribution is 2.22. The van der Waals surface area contributed by atoms with Crippen molar-refractivity contribution in [2.75, 3.05) is 47.4 Å². The quantitative estimate of drug-likeness (QED) is 0.200. The van der Waals surface area contributed by atoms with Crippen LogP contribution < -0.4 is 15.3 Å². The summed E-state index contributed by atoms with van der Waals surface area (Å²) in [5, 5.41) is 6.15. The molecule has 2 aromatic carbocycles. The second kappa shape index (κ2) is 18.3. The number of amides is 3. The highest BCUT2D eigenvalue weighted by Gasteiger charge is 2.39. The van der Waals surface area contributed by atoms with Crippen molar-refractivity contribution in [2.24, 2.45) is 0 Å². The normalized spacial score (nSPS) is 17.1. The lowest BCUT2D eigenvalue weighted by atomic mass is 10.0. The van der Waals surface area contributed by atoms with Gasteiger partial charge in [-0.1, -0.05) is 48.4 Å². The Morgan fingerprint density at radius 3 is 2.39 bits per heavy atom. The Kier molecular flexibility index (Phi) is 14.6. The number of nitrogens with zero attached hydrogens (tertiary/aromatic N) is 3. The van der Waals surface area contributed by atoms with E-state index in [1.165, 1.54) is 0 Å². The molecule has 0 spiro atoms. The van der Waals surface area contributed by atoms with Gasteiger partial charge in [-0.05, 0) is 76.9 Å². The molecular formula is C35H50BN5O5. The maximum absolute atomic E-state index is 14.2. The first-order valence-electron chi connectivity index (χ1n) is 16.0. The number of likely N-dealkylation sites (tertiary alicyclic amines) is 1. The van der Waals surface area contributed by atoms with Gasteiger partial charge < -0.3 is 29.8 Å². The Hall–Kier alpha value is -3.85. The second-order valence-corrected chi connectivity index (χ2v) is 12.1. The zero-order valence-corrected chi connectivity index (χ0v) is 28.2. The lowest BCUT2D eigenvalue weighted by molar-refractivity contribution is -0.143. The first kappa shape index (κ1) is 36.6. The van der Waals surface area contributed by atoms with Crippen molar-refractivity contribution < 1.29 is 23.9 Å². The Balaban J connectivity index is 1.84. The van der Waals surface area contributed by atoms with Crippen LogP contribution in [0.2, 0.25) is 0 Å². The maximum atomic E-state index is 14.2. The lowest BCUT2D eigenvalue weighted by Gasteiger charge is -2.36. The van der Waals surface area contributed by atoms with Gasteiger partial charge in [0.2, 0.25) is 17.7 Å². The van der Waals surface area contributed by atoms with E-state index in [1.54, 1.807) is 33.8 Å². The third-order valence-electron chi connectivity index (χ3n) is 8.78. The summed E-state index contributed by atoms with van der Waals surface area (Å²) in [5.41, 5.74) is 2.15. The van der Waals surface area contributed by atoms with Crippen LogP contribution in [0.3, 0.4) is 0 Å². The molecule has 1 heterocycles. The van der Waals surface area contributed by atoms with Crippen LogP contribution in [0.15, 0.2) is 54.6 Å². The van der Waals surface area contributed by atoms with Gasteiger partial charge in [-0.25, -0.2) is 0 Å². The van der Waals surface area contributed by atoms with Crippen molar-refractivity contribution in [1.82, 2.24) is 25.2 Å². The number of rotatable bonds is 17. The molecule has 1 fully saturated rings. The molecule has 10 nitrogen and oxygen atoms in total. The van der Waals surface area contributed by atoms with Gasteiger partial charge in [0.15, 0.2) is 7.98 Å². The highest BCUT2D eigenvalue weighted by molar-refractivity contribution is 6.06. The van der Waals surface area contributed by atoms with Gasteiger partial charge in [0, 0.05) is 25.7 Å². The summed E-state index contributed by atoms with van der Waals surface area (Å²) < 4.78 is 11.0. The van der Waals surface area contributed by atoms with Crippen LogP contribution in [-0.2, 0) is 32.0 Å². The second-order valence-electron chi connectivity index (χ2n) is 12.1. The van der Waals surface area contributed by atoms with Crippen LogP contribution in [0.4, 0.5) is 0 Å². The summed E-state index contributed by atoms with van der Waals surface area (Å²) in [6.07, 6.45) is 7.53. The predicted octanol–water partition coefficient (Wildman–Crippen LogP) is 1.28. The number of carbonyl (C=O) groups excluding carboxylic acids is 3. The van der Waals surface area contributed by atoms with E-state index >= 15 is 0 Å². The van der Waals surface area contributed by atoms with Crippen molar-refractivity contribution in [2.45, 2.75) is 69.8 Å². The molecule has 0 bridgehead atoms. The van der Waals surface area contributed by atoms with Crippen molar-refractivity contribution >= 4 is 25.7 Å². The van der Waals surface area contributed by atoms with Crippen LogP contribution in [0.25, 0.3) is 0 Å². The summed E-state index contributed by atoms with van der Waals surface area (Å²) in [6.45, 7) is 4.97. The number of nitrogens with one attached hydrogen (secondary N) is 2. The Bertz CT molecular complexity index is 1300. The number of carbonyl (C=O) groups is 3. The van der Waals surface area contributed by atoms with Crippen LogP contribution >= 0.6 is 0 Å². The van der Waals surface area contributed by atoms with E-state index in [4.69, 9.17) is 15.9 Å². The molecule has 0 aliphatic carbocycles. The minimum atomic E-state index is -0.919. The number of methoxy groups -OCH3 is 1. The van der Waals surface area contributed by atoms with Crippen LogP contribution in [0, 0.1) is 12.3 Å². The Morgan fingerprint density at radius 1 is 1.09 bits per heavy atom. The van der Waals surface area contributed by atoms with Crippen LogP contribution in [0.1, 0.15) is 37.8 Å². The van der Waals surface area contributed by atoms with Gasteiger partial charge in [0.25, 0.3) is 0 Å². The van der Waals surface area contributed by atoms with E-state index in [-0.39, 0.29) is 30.4 Å². The fraction of sp³-hybridized carbons (Fsp3) is 0.514. The zero-order valence-electron chi connectivity index (χ0n) is 28.2. The van der Waals surface area contributed by atoms with Crippen molar-refractivity contribution in [3.05, 3.63) is 65.7 Å². The third kappa shape index (κ3) is 10.3. The Morgan fingerprint density at radius 2 is 1.78 bits per heavy atom. The smallest absolute Gasteiger partial charge is 0.248 e. The zero-order chi connectivity index (χ0) is 33.6. The highest BCUT2D eigenvalue weighted by atomic mass is 16.5. The minimum Gasteiger partial charge on any atom is -0.497 e. The fourth-order valence-corrected chi connectivity index (χ4v) is 5.64. The Labute approximate surface area is 275 Å². The van der Waals surface area contributed by atoms with Gasteiger partial charge in [0.05, 0.1) is 25.3 Å². The van der Waals surface area contributed by atoms with E-state index in [0.717, 1.165) is 29.7 Å². The van der Waals surface area contributed by atoms with Crippen LogP contribution in [0.5, 0.6) is 5.75 Å². The summed E-state index contributed by atoms with van der Waals surface area (Å²) in [7, 11) is 7.04.